The molecule has 0 unspecified atom stereocenters. The van der Waals surface area contributed by atoms with Gasteiger partial charge in [-0.05, 0) is 31.2 Å². The number of methoxy groups -OCH3 is 1. The number of ether oxygens (including phenoxy) is 1. The van der Waals surface area contributed by atoms with Gasteiger partial charge in [0.15, 0.2) is 0 Å². The van der Waals surface area contributed by atoms with Crippen LogP contribution in [0.2, 0.25) is 0 Å². The van der Waals surface area contributed by atoms with E-state index in [0.29, 0.717) is 43.8 Å². The second kappa shape index (κ2) is 10.9. The molecule has 21 heavy (non-hydrogen) atoms. The van der Waals surface area contributed by atoms with Gasteiger partial charge in [0.05, 0.1) is 7.11 Å². The molecule has 0 bridgehead atoms. The lowest BCUT2D eigenvalue weighted by molar-refractivity contribution is -0.121. The highest BCUT2D eigenvalue weighted by Crippen LogP contribution is 2.11. The Labute approximate surface area is 130 Å². The molecule has 0 atom stereocenters. The number of halogens is 1. The maximum absolute atomic E-state index is 11.8. The van der Waals surface area contributed by atoms with Gasteiger partial charge in [0.2, 0.25) is 5.91 Å². The normalized spacial score (nSPS) is 9.43. The zero-order valence-electron chi connectivity index (χ0n) is 12.1. The number of amides is 2. The third-order valence-corrected chi connectivity index (χ3v) is 2.67. The predicted octanol–water partition coefficient (Wildman–Crippen LogP) is 0.702. The van der Waals surface area contributed by atoms with Crippen molar-refractivity contribution in [1.82, 2.24) is 10.6 Å². The van der Waals surface area contributed by atoms with Crippen molar-refractivity contribution in [3.05, 3.63) is 29.8 Å². The summed E-state index contributed by atoms with van der Waals surface area (Å²) in [4.78, 5) is 23.1. The zero-order valence-corrected chi connectivity index (χ0v) is 12.9. The van der Waals surface area contributed by atoms with E-state index in [1.54, 1.807) is 31.4 Å². The van der Waals surface area contributed by atoms with Gasteiger partial charge >= 0.3 is 0 Å². The first kappa shape index (κ1) is 19.2. The average molecular weight is 316 g/mol. The molecule has 0 aliphatic rings. The van der Waals surface area contributed by atoms with E-state index >= 15 is 0 Å². The van der Waals surface area contributed by atoms with Crippen molar-refractivity contribution in [2.45, 2.75) is 12.8 Å². The highest BCUT2D eigenvalue weighted by molar-refractivity contribution is 5.94. The molecule has 1 aromatic rings. The van der Waals surface area contributed by atoms with Crippen LogP contribution >= 0.6 is 12.4 Å². The Hall–Kier alpha value is -1.79. The van der Waals surface area contributed by atoms with Crippen molar-refractivity contribution < 1.29 is 14.3 Å². The van der Waals surface area contributed by atoms with Gasteiger partial charge in [-0.1, -0.05) is 6.07 Å². The number of nitrogens with one attached hydrogen (secondary N) is 2. The Balaban J connectivity index is 0.00000400. The van der Waals surface area contributed by atoms with Crippen molar-refractivity contribution in [2.75, 3.05) is 26.7 Å². The fraction of sp³-hybridized carbons (Fsp3) is 0.429. The summed E-state index contributed by atoms with van der Waals surface area (Å²) in [5.41, 5.74) is 5.84. The zero-order chi connectivity index (χ0) is 14.8. The van der Waals surface area contributed by atoms with Crippen molar-refractivity contribution in [3.63, 3.8) is 0 Å². The van der Waals surface area contributed by atoms with E-state index in [-0.39, 0.29) is 24.2 Å². The first-order chi connectivity index (χ1) is 9.67. The van der Waals surface area contributed by atoms with Crippen LogP contribution in [0.3, 0.4) is 0 Å². The van der Waals surface area contributed by atoms with Crippen LogP contribution < -0.4 is 21.1 Å². The molecule has 0 aliphatic carbocycles. The summed E-state index contributed by atoms with van der Waals surface area (Å²) in [5.74, 6) is 0.388. The molecule has 2 amide bonds. The monoisotopic (exact) mass is 315 g/mol. The Bertz CT molecular complexity index is 455. The summed E-state index contributed by atoms with van der Waals surface area (Å²) >= 11 is 0. The molecule has 0 radical (unpaired) electrons. The third kappa shape index (κ3) is 7.53. The van der Waals surface area contributed by atoms with Crippen molar-refractivity contribution >= 4 is 24.2 Å². The maximum atomic E-state index is 11.8. The molecule has 118 valence electrons. The molecule has 4 N–H and O–H groups in total. The minimum Gasteiger partial charge on any atom is -0.497 e. The molecule has 0 spiro atoms. The SMILES string of the molecule is COc1cccc(C(=O)NCCNC(=O)CCCN)c1.Cl. The molecule has 6 nitrogen and oxygen atoms in total. The first-order valence-corrected chi connectivity index (χ1v) is 6.56. The van der Waals surface area contributed by atoms with Crippen LogP contribution in [0.15, 0.2) is 24.3 Å². The Morgan fingerprint density at radius 3 is 2.62 bits per heavy atom. The molecule has 0 aliphatic heterocycles. The average Bonchev–Trinajstić information content (AvgIpc) is 2.49. The molecular formula is C14H22ClN3O3. The van der Waals surface area contributed by atoms with E-state index in [1.165, 1.54) is 0 Å². The highest BCUT2D eigenvalue weighted by Gasteiger charge is 2.06. The summed E-state index contributed by atoms with van der Waals surface area (Å²) in [6, 6.07) is 6.89. The Kier molecular flexibility index (Phi) is 10.0. The van der Waals surface area contributed by atoms with Crippen LogP contribution in [0.25, 0.3) is 0 Å². The molecule has 0 fully saturated rings. The summed E-state index contributed by atoms with van der Waals surface area (Å²) in [5, 5.41) is 5.44. The van der Waals surface area contributed by atoms with Crippen LogP contribution in [0.5, 0.6) is 5.75 Å². The van der Waals surface area contributed by atoms with Crippen LogP contribution in [-0.2, 0) is 4.79 Å². The largest absolute Gasteiger partial charge is 0.497 e. The van der Waals surface area contributed by atoms with Gasteiger partial charge in [-0.25, -0.2) is 0 Å². The minimum absolute atomic E-state index is 0. The molecule has 1 aromatic carbocycles. The second-order valence-corrected chi connectivity index (χ2v) is 4.23. The van der Waals surface area contributed by atoms with Crippen molar-refractivity contribution in [2.24, 2.45) is 5.73 Å². The number of hydrogen-bond acceptors (Lipinski definition) is 4. The number of carbonyl (C=O) groups is 2. The lowest BCUT2D eigenvalue weighted by Crippen LogP contribution is -2.34. The quantitative estimate of drug-likeness (QED) is 0.616. The summed E-state index contributed by atoms with van der Waals surface area (Å²) in [6.07, 6.45) is 1.09. The summed E-state index contributed by atoms with van der Waals surface area (Å²) in [7, 11) is 1.55. The number of hydrogen-bond donors (Lipinski definition) is 3. The standard InChI is InChI=1S/C14H21N3O3.ClH/c1-20-12-5-2-4-11(10-12)14(19)17-9-8-16-13(18)6-3-7-15;/h2,4-5,10H,3,6-9,15H2,1H3,(H,16,18)(H,17,19);1H. The van der Waals surface area contributed by atoms with E-state index in [9.17, 15) is 9.59 Å². The van der Waals surface area contributed by atoms with Crippen LogP contribution in [-0.4, -0.2) is 38.6 Å². The van der Waals surface area contributed by atoms with Gasteiger partial charge in [-0.2, -0.15) is 0 Å². The smallest absolute Gasteiger partial charge is 0.251 e. The fourth-order valence-electron chi connectivity index (χ4n) is 1.60. The van der Waals surface area contributed by atoms with E-state index in [4.69, 9.17) is 10.5 Å². The molecule has 0 heterocycles. The van der Waals surface area contributed by atoms with E-state index in [1.807, 2.05) is 0 Å². The molecule has 0 saturated carbocycles. The third-order valence-electron chi connectivity index (χ3n) is 2.67. The van der Waals surface area contributed by atoms with E-state index in [2.05, 4.69) is 10.6 Å². The Morgan fingerprint density at radius 1 is 1.24 bits per heavy atom. The van der Waals surface area contributed by atoms with Crippen LogP contribution in [0.1, 0.15) is 23.2 Å². The van der Waals surface area contributed by atoms with Crippen LogP contribution in [0, 0.1) is 0 Å². The van der Waals surface area contributed by atoms with Gasteiger partial charge in [0.1, 0.15) is 5.75 Å². The predicted molar refractivity (Wildman–Crippen MR) is 83.9 cm³/mol. The molecule has 0 aromatic heterocycles. The van der Waals surface area contributed by atoms with Gasteiger partial charge < -0.3 is 21.1 Å². The molecule has 0 saturated heterocycles. The Morgan fingerprint density at radius 2 is 1.95 bits per heavy atom. The summed E-state index contributed by atoms with van der Waals surface area (Å²) in [6.45, 7) is 1.28. The number of benzene rings is 1. The van der Waals surface area contributed by atoms with Gasteiger partial charge in [0.25, 0.3) is 5.91 Å². The maximum Gasteiger partial charge on any atom is 0.251 e. The first-order valence-electron chi connectivity index (χ1n) is 6.56. The molecular weight excluding hydrogens is 294 g/mol. The number of nitrogens with two attached hydrogens (primary N) is 1. The van der Waals surface area contributed by atoms with Gasteiger partial charge in [0, 0.05) is 25.1 Å². The second-order valence-electron chi connectivity index (χ2n) is 4.23. The lowest BCUT2D eigenvalue weighted by Gasteiger charge is -2.08. The highest BCUT2D eigenvalue weighted by atomic mass is 35.5. The van der Waals surface area contributed by atoms with Crippen LogP contribution in [0.4, 0.5) is 0 Å². The van der Waals surface area contributed by atoms with Crippen molar-refractivity contribution in [1.29, 1.82) is 0 Å². The van der Waals surface area contributed by atoms with E-state index in [0.717, 1.165) is 0 Å². The van der Waals surface area contributed by atoms with E-state index < -0.39 is 0 Å². The molecule has 7 heteroatoms. The van der Waals surface area contributed by atoms with Gasteiger partial charge in [-0.15, -0.1) is 12.4 Å². The molecule has 1 rings (SSSR count). The van der Waals surface area contributed by atoms with Crippen molar-refractivity contribution in [3.8, 4) is 5.75 Å². The topological polar surface area (TPSA) is 93.5 Å². The minimum atomic E-state index is -0.194. The summed E-state index contributed by atoms with van der Waals surface area (Å²) < 4.78 is 5.05. The van der Waals surface area contributed by atoms with Gasteiger partial charge in [-0.3, -0.25) is 9.59 Å². The lowest BCUT2D eigenvalue weighted by atomic mass is 10.2. The number of rotatable bonds is 8. The number of carbonyl (C=O) groups excluding carboxylic acids is 2. The fourth-order valence-corrected chi connectivity index (χ4v) is 1.60.